The van der Waals surface area contributed by atoms with Gasteiger partial charge in [0.2, 0.25) is 0 Å². The van der Waals surface area contributed by atoms with Crippen molar-refractivity contribution in [2.24, 2.45) is 0 Å². The first-order valence-electron chi connectivity index (χ1n) is 7.78. The van der Waals surface area contributed by atoms with E-state index < -0.39 is 31.2 Å². The quantitative estimate of drug-likeness (QED) is 0.767. The number of halogens is 3. The normalized spacial score (nSPS) is 14.5. The summed E-state index contributed by atoms with van der Waals surface area (Å²) in [5, 5.41) is 13.4. The zero-order valence-corrected chi connectivity index (χ0v) is 13.2. The van der Waals surface area contributed by atoms with E-state index in [0.717, 1.165) is 11.8 Å². The number of aliphatic hydroxyl groups excluding tert-OH is 1. The predicted molar refractivity (Wildman–Crippen MR) is 80.8 cm³/mol. The molecule has 0 aliphatic heterocycles. The Morgan fingerprint density at radius 3 is 2.80 bits per heavy atom. The standard InChI is InChI=1S/C16H17F3N2O4/c1-24-15(23)13(22)8-11-4-2-3-5-14(11)25-9-12-6-7-20-21(12)10-16(17,18)19/h2-7,13,22H,8-10H2,1H3/t13-/m1/s1/i8D/t8?,13-. The second kappa shape index (κ2) is 8.02. The summed E-state index contributed by atoms with van der Waals surface area (Å²) in [6.07, 6.45) is -6.29. The molecule has 9 heteroatoms. The summed E-state index contributed by atoms with van der Waals surface area (Å²) >= 11 is 0. The number of methoxy groups -OCH3 is 1. The molecule has 1 unspecified atom stereocenters. The van der Waals surface area contributed by atoms with Crippen molar-refractivity contribution in [3.8, 4) is 5.75 Å². The van der Waals surface area contributed by atoms with Crippen LogP contribution < -0.4 is 4.74 Å². The fourth-order valence-electron chi connectivity index (χ4n) is 2.06. The lowest BCUT2D eigenvalue weighted by atomic mass is 10.1. The molecule has 2 aromatic rings. The number of aliphatic hydroxyl groups is 1. The van der Waals surface area contributed by atoms with Gasteiger partial charge in [-0.1, -0.05) is 18.2 Å². The molecule has 1 N–H and O–H groups in total. The van der Waals surface area contributed by atoms with Crippen LogP contribution in [0.3, 0.4) is 0 Å². The number of alkyl halides is 3. The van der Waals surface area contributed by atoms with Gasteiger partial charge in [-0.15, -0.1) is 0 Å². The molecule has 1 aromatic carbocycles. The third-order valence-electron chi connectivity index (χ3n) is 3.21. The number of nitrogens with zero attached hydrogens (tertiary/aromatic N) is 2. The molecule has 0 fully saturated rings. The van der Waals surface area contributed by atoms with Gasteiger partial charge in [-0.25, -0.2) is 4.79 Å². The highest BCUT2D eigenvalue weighted by atomic mass is 19.4. The minimum atomic E-state index is -4.42. The summed E-state index contributed by atoms with van der Waals surface area (Å²) < 4.78 is 56.3. The lowest BCUT2D eigenvalue weighted by Crippen LogP contribution is -2.24. The third-order valence-corrected chi connectivity index (χ3v) is 3.21. The van der Waals surface area contributed by atoms with Gasteiger partial charge in [0.1, 0.15) is 18.9 Å². The van der Waals surface area contributed by atoms with Crippen molar-refractivity contribution in [1.82, 2.24) is 9.78 Å². The molecule has 1 aromatic heterocycles. The van der Waals surface area contributed by atoms with Gasteiger partial charge in [-0.05, 0) is 17.7 Å². The van der Waals surface area contributed by atoms with Gasteiger partial charge in [0.05, 0.1) is 12.8 Å². The van der Waals surface area contributed by atoms with Crippen molar-refractivity contribution in [3.05, 3.63) is 47.8 Å². The van der Waals surface area contributed by atoms with Gasteiger partial charge >= 0.3 is 12.1 Å². The number of hydrogen-bond donors (Lipinski definition) is 1. The number of carbonyl (C=O) groups is 1. The number of para-hydroxylation sites is 1. The van der Waals surface area contributed by atoms with Crippen molar-refractivity contribution < 1.29 is 33.9 Å². The maximum Gasteiger partial charge on any atom is 0.408 e. The fourth-order valence-corrected chi connectivity index (χ4v) is 2.06. The van der Waals surface area contributed by atoms with Crippen LogP contribution in [-0.4, -0.2) is 40.2 Å². The lowest BCUT2D eigenvalue weighted by Gasteiger charge is -2.15. The van der Waals surface area contributed by atoms with Gasteiger partial charge in [-0.3, -0.25) is 4.68 Å². The van der Waals surface area contributed by atoms with Gasteiger partial charge in [0.25, 0.3) is 0 Å². The van der Waals surface area contributed by atoms with Crippen LogP contribution >= 0.6 is 0 Å². The third kappa shape index (κ3) is 5.49. The molecule has 0 spiro atoms. The number of ether oxygens (including phenoxy) is 2. The highest BCUT2D eigenvalue weighted by Gasteiger charge is 2.29. The SMILES string of the molecule is [2H]C(c1ccccc1OCc1ccnn1CC(F)(F)F)[C@@H](O)C(=O)OC. The molecule has 0 aliphatic carbocycles. The van der Waals surface area contributed by atoms with Gasteiger partial charge in [0.15, 0.2) is 6.10 Å². The van der Waals surface area contributed by atoms with E-state index in [4.69, 9.17) is 6.11 Å². The van der Waals surface area contributed by atoms with Crippen LogP contribution in [0.1, 0.15) is 12.6 Å². The molecule has 2 rings (SSSR count). The van der Waals surface area contributed by atoms with Crippen molar-refractivity contribution in [2.75, 3.05) is 7.11 Å². The molecule has 0 radical (unpaired) electrons. The second-order valence-corrected chi connectivity index (χ2v) is 5.06. The average Bonchev–Trinajstić information content (AvgIpc) is 3.03. The smallest absolute Gasteiger partial charge is 0.408 e. The topological polar surface area (TPSA) is 73.6 Å². The van der Waals surface area contributed by atoms with Crippen LogP contribution in [0, 0.1) is 0 Å². The van der Waals surface area contributed by atoms with Crippen LogP contribution in [0.5, 0.6) is 5.75 Å². The van der Waals surface area contributed by atoms with E-state index in [9.17, 15) is 23.1 Å². The van der Waals surface area contributed by atoms with Gasteiger partial charge < -0.3 is 14.6 Å². The highest BCUT2D eigenvalue weighted by molar-refractivity contribution is 5.74. The molecular weight excluding hydrogens is 341 g/mol. The number of aromatic nitrogens is 2. The van der Waals surface area contributed by atoms with Crippen molar-refractivity contribution in [3.63, 3.8) is 0 Å². The minimum Gasteiger partial charge on any atom is -0.487 e. The van der Waals surface area contributed by atoms with Crippen LogP contribution in [0.15, 0.2) is 36.5 Å². The van der Waals surface area contributed by atoms with E-state index in [1.807, 2.05) is 0 Å². The molecule has 2 atom stereocenters. The maximum absolute atomic E-state index is 12.5. The molecular formula is C16H17F3N2O4. The molecule has 0 amide bonds. The number of carbonyl (C=O) groups excluding carboxylic acids is 1. The molecule has 136 valence electrons. The summed E-state index contributed by atoms with van der Waals surface area (Å²) in [4.78, 5) is 11.4. The van der Waals surface area contributed by atoms with E-state index in [0.29, 0.717) is 0 Å². The van der Waals surface area contributed by atoms with Crippen molar-refractivity contribution in [2.45, 2.75) is 31.8 Å². The summed E-state index contributed by atoms with van der Waals surface area (Å²) in [5.41, 5.74) is 0.388. The number of benzene rings is 1. The first-order valence-corrected chi connectivity index (χ1v) is 7.20. The highest BCUT2D eigenvalue weighted by Crippen LogP contribution is 2.22. The van der Waals surface area contributed by atoms with Crippen LogP contribution in [0.2, 0.25) is 0 Å². The molecule has 6 nitrogen and oxygen atoms in total. The first kappa shape index (κ1) is 17.3. The molecule has 25 heavy (non-hydrogen) atoms. The van der Waals surface area contributed by atoms with Gasteiger partial charge in [0, 0.05) is 14.0 Å². The van der Waals surface area contributed by atoms with E-state index in [-0.39, 0.29) is 23.6 Å². The zero-order valence-electron chi connectivity index (χ0n) is 14.2. The molecule has 0 saturated carbocycles. The van der Waals surface area contributed by atoms with Crippen LogP contribution in [-0.2, 0) is 29.1 Å². The summed E-state index contributed by atoms with van der Waals surface area (Å²) in [7, 11) is 1.09. The Morgan fingerprint density at radius 2 is 2.12 bits per heavy atom. The molecule has 0 aliphatic rings. The Bertz CT molecular complexity index is 751. The number of hydrogen-bond acceptors (Lipinski definition) is 5. The lowest BCUT2D eigenvalue weighted by molar-refractivity contribution is -0.150. The Hall–Kier alpha value is -2.55. The van der Waals surface area contributed by atoms with Crippen LogP contribution in [0.4, 0.5) is 13.2 Å². The van der Waals surface area contributed by atoms with E-state index in [1.54, 1.807) is 12.1 Å². The number of rotatable bonds is 7. The molecule has 0 bridgehead atoms. The van der Waals surface area contributed by atoms with E-state index >= 15 is 0 Å². The summed E-state index contributed by atoms with van der Waals surface area (Å²) in [6, 6.07) is 7.54. The van der Waals surface area contributed by atoms with Crippen molar-refractivity contribution >= 4 is 5.97 Å². The summed E-state index contributed by atoms with van der Waals surface area (Å²) in [6.45, 7) is -1.48. The second-order valence-electron chi connectivity index (χ2n) is 5.06. The zero-order chi connectivity index (χ0) is 19.3. The Morgan fingerprint density at radius 1 is 1.40 bits per heavy atom. The minimum absolute atomic E-state index is 0.162. The van der Waals surface area contributed by atoms with E-state index in [2.05, 4.69) is 9.84 Å². The molecule has 1 heterocycles. The first-order chi connectivity index (χ1) is 12.2. The number of esters is 1. The molecule has 0 saturated heterocycles. The van der Waals surface area contributed by atoms with Crippen molar-refractivity contribution in [1.29, 1.82) is 0 Å². The Balaban J connectivity index is 2.15. The Kier molecular flexibility index (Phi) is 5.54. The maximum atomic E-state index is 12.5. The van der Waals surface area contributed by atoms with Gasteiger partial charge in [-0.2, -0.15) is 18.3 Å². The van der Waals surface area contributed by atoms with E-state index in [1.165, 1.54) is 24.4 Å². The average molecular weight is 359 g/mol. The predicted octanol–water partition coefficient (Wildman–Crippen LogP) is 2.10. The van der Waals surface area contributed by atoms with Crippen LogP contribution in [0.25, 0.3) is 0 Å². The fraction of sp³-hybridized carbons (Fsp3) is 0.375. The Labute approximate surface area is 143 Å². The largest absolute Gasteiger partial charge is 0.487 e. The summed E-state index contributed by atoms with van der Waals surface area (Å²) in [5.74, 6) is -0.807. The monoisotopic (exact) mass is 359 g/mol.